The Bertz CT molecular complexity index is 815. The Morgan fingerprint density at radius 3 is 2.54 bits per heavy atom. The molecule has 1 unspecified atom stereocenters. The van der Waals surface area contributed by atoms with Gasteiger partial charge in [-0.25, -0.2) is 13.1 Å². The fraction of sp³-hybridized carbons (Fsp3) is 0.438. The van der Waals surface area contributed by atoms with Crippen molar-refractivity contribution >= 4 is 10.0 Å². The average Bonchev–Trinajstić information content (AvgIpc) is 2.94. The van der Waals surface area contributed by atoms with Crippen molar-refractivity contribution in [1.82, 2.24) is 14.5 Å². The number of methoxy groups -OCH3 is 2. The summed E-state index contributed by atoms with van der Waals surface area (Å²) >= 11 is 0. The largest absolute Gasteiger partial charge is 0.497 e. The Morgan fingerprint density at radius 1 is 1.29 bits per heavy atom. The molecule has 1 N–H and O–H groups in total. The molecule has 1 atom stereocenters. The minimum Gasteiger partial charge on any atom is -0.497 e. The van der Waals surface area contributed by atoms with E-state index in [1.54, 1.807) is 23.7 Å². The monoisotopic (exact) mass is 353 g/mol. The van der Waals surface area contributed by atoms with Gasteiger partial charge in [0.1, 0.15) is 16.4 Å². The van der Waals surface area contributed by atoms with Gasteiger partial charge in [-0.15, -0.1) is 0 Å². The van der Waals surface area contributed by atoms with E-state index in [1.807, 2.05) is 20.0 Å². The summed E-state index contributed by atoms with van der Waals surface area (Å²) in [7, 11) is -0.823. The molecular formula is C16H23N3O4S. The maximum absolute atomic E-state index is 12.7. The maximum Gasteiger partial charge on any atom is 0.244 e. The number of ether oxygens (including phenoxy) is 2. The highest BCUT2D eigenvalue weighted by Crippen LogP contribution is 2.29. The molecule has 0 saturated carbocycles. The SMILES string of the molecule is CCn1cc(C(C)NS(=O)(=O)c2ccc(OC)cc2OC)c(C)n1. The number of rotatable bonds is 7. The van der Waals surface area contributed by atoms with E-state index >= 15 is 0 Å². The number of sulfonamides is 1. The zero-order chi connectivity index (χ0) is 17.9. The van der Waals surface area contributed by atoms with Crippen molar-refractivity contribution < 1.29 is 17.9 Å². The minimum atomic E-state index is -3.76. The Balaban J connectivity index is 2.32. The summed E-state index contributed by atoms with van der Waals surface area (Å²) in [5, 5.41) is 4.35. The third-order valence-electron chi connectivity index (χ3n) is 3.77. The molecule has 7 nitrogen and oxygen atoms in total. The molecule has 0 aliphatic rings. The molecule has 1 aromatic carbocycles. The zero-order valence-electron chi connectivity index (χ0n) is 14.5. The molecule has 0 radical (unpaired) electrons. The molecule has 2 rings (SSSR count). The molecule has 0 amide bonds. The lowest BCUT2D eigenvalue weighted by Crippen LogP contribution is -2.27. The van der Waals surface area contributed by atoms with E-state index in [-0.39, 0.29) is 10.6 Å². The summed E-state index contributed by atoms with van der Waals surface area (Å²) in [5.74, 6) is 0.758. The van der Waals surface area contributed by atoms with Crippen LogP contribution in [0, 0.1) is 6.92 Å². The molecule has 0 fully saturated rings. The van der Waals surface area contributed by atoms with E-state index in [1.165, 1.54) is 20.3 Å². The number of benzene rings is 1. The van der Waals surface area contributed by atoms with Crippen molar-refractivity contribution in [3.05, 3.63) is 35.7 Å². The van der Waals surface area contributed by atoms with Crippen molar-refractivity contribution in [3.63, 3.8) is 0 Å². The Kier molecular flexibility index (Phi) is 5.51. The standard InChI is InChI=1S/C16H23N3O4S/c1-6-19-10-14(11(2)17-19)12(3)18-24(20,21)16-8-7-13(22-4)9-15(16)23-5/h7-10,12,18H,6H2,1-5H3. The summed E-state index contributed by atoms with van der Waals surface area (Å²) in [4.78, 5) is 0.0678. The van der Waals surface area contributed by atoms with Crippen LogP contribution >= 0.6 is 0 Å². The van der Waals surface area contributed by atoms with Crippen molar-refractivity contribution in [2.24, 2.45) is 0 Å². The number of hydrogen-bond acceptors (Lipinski definition) is 5. The second-order valence-electron chi connectivity index (χ2n) is 5.39. The fourth-order valence-electron chi connectivity index (χ4n) is 2.48. The average molecular weight is 353 g/mol. The van der Waals surface area contributed by atoms with E-state index < -0.39 is 16.1 Å². The molecule has 0 aliphatic heterocycles. The summed E-state index contributed by atoms with van der Waals surface area (Å²) in [6.45, 7) is 6.36. The first-order valence-corrected chi connectivity index (χ1v) is 9.09. The second kappa shape index (κ2) is 7.23. The number of aryl methyl sites for hydroxylation is 2. The van der Waals surface area contributed by atoms with Crippen molar-refractivity contribution in [3.8, 4) is 11.5 Å². The molecule has 24 heavy (non-hydrogen) atoms. The summed E-state index contributed by atoms with van der Waals surface area (Å²) < 4.78 is 40.2. The van der Waals surface area contributed by atoms with Crippen LogP contribution in [0.25, 0.3) is 0 Å². The Labute approximate surface area is 142 Å². The third-order valence-corrected chi connectivity index (χ3v) is 5.35. The van der Waals surface area contributed by atoms with Gasteiger partial charge in [-0.1, -0.05) is 0 Å². The van der Waals surface area contributed by atoms with E-state index in [2.05, 4.69) is 9.82 Å². The van der Waals surface area contributed by atoms with E-state index in [0.717, 1.165) is 17.8 Å². The van der Waals surface area contributed by atoms with E-state index in [0.29, 0.717) is 5.75 Å². The summed E-state index contributed by atoms with van der Waals surface area (Å²) in [6, 6.07) is 4.18. The smallest absolute Gasteiger partial charge is 0.244 e. The fourth-order valence-corrected chi connectivity index (χ4v) is 3.85. The van der Waals surface area contributed by atoms with Crippen LogP contribution in [0.3, 0.4) is 0 Å². The molecule has 132 valence electrons. The van der Waals surface area contributed by atoms with Crippen LogP contribution in [0.1, 0.15) is 31.1 Å². The van der Waals surface area contributed by atoms with E-state index in [9.17, 15) is 8.42 Å². The highest BCUT2D eigenvalue weighted by molar-refractivity contribution is 7.89. The first-order valence-electron chi connectivity index (χ1n) is 7.60. The van der Waals surface area contributed by atoms with Crippen LogP contribution < -0.4 is 14.2 Å². The first kappa shape index (κ1) is 18.3. The van der Waals surface area contributed by atoms with Crippen molar-refractivity contribution in [2.45, 2.75) is 38.3 Å². The number of aromatic nitrogens is 2. The summed E-state index contributed by atoms with van der Waals surface area (Å²) in [5.41, 5.74) is 1.64. The summed E-state index contributed by atoms with van der Waals surface area (Å²) in [6.07, 6.45) is 1.85. The number of nitrogens with zero attached hydrogens (tertiary/aromatic N) is 2. The van der Waals surface area contributed by atoms with Gasteiger partial charge in [-0.05, 0) is 32.9 Å². The molecular weight excluding hydrogens is 330 g/mol. The first-order chi connectivity index (χ1) is 11.3. The van der Waals surface area contributed by atoms with Crippen LogP contribution in [0.2, 0.25) is 0 Å². The Morgan fingerprint density at radius 2 is 2.00 bits per heavy atom. The van der Waals surface area contributed by atoms with Gasteiger partial charge in [0.2, 0.25) is 10.0 Å². The van der Waals surface area contributed by atoms with Crippen LogP contribution in [0.4, 0.5) is 0 Å². The van der Waals surface area contributed by atoms with E-state index in [4.69, 9.17) is 9.47 Å². The van der Waals surface area contributed by atoms with Gasteiger partial charge in [0.25, 0.3) is 0 Å². The van der Waals surface area contributed by atoms with Crippen LogP contribution in [0.15, 0.2) is 29.3 Å². The molecule has 0 saturated heterocycles. The second-order valence-corrected chi connectivity index (χ2v) is 7.07. The molecule has 1 aromatic heterocycles. The highest BCUT2D eigenvalue weighted by atomic mass is 32.2. The zero-order valence-corrected chi connectivity index (χ0v) is 15.3. The molecule has 0 aliphatic carbocycles. The molecule has 1 heterocycles. The van der Waals surface area contributed by atoms with Gasteiger partial charge in [0.05, 0.1) is 19.9 Å². The predicted octanol–water partition coefficient (Wildman–Crippen LogP) is 2.27. The van der Waals surface area contributed by atoms with Crippen LogP contribution in [0.5, 0.6) is 11.5 Å². The van der Waals surface area contributed by atoms with Crippen LogP contribution in [-0.2, 0) is 16.6 Å². The number of nitrogens with one attached hydrogen (secondary N) is 1. The lowest BCUT2D eigenvalue weighted by atomic mass is 10.1. The van der Waals surface area contributed by atoms with Crippen LogP contribution in [-0.4, -0.2) is 32.4 Å². The normalized spacial score (nSPS) is 12.9. The molecule has 0 spiro atoms. The van der Waals surface area contributed by atoms with Gasteiger partial charge in [-0.2, -0.15) is 5.10 Å². The lowest BCUT2D eigenvalue weighted by Gasteiger charge is -2.16. The van der Waals surface area contributed by atoms with Gasteiger partial charge >= 0.3 is 0 Å². The molecule has 2 aromatic rings. The van der Waals surface area contributed by atoms with Crippen molar-refractivity contribution in [2.75, 3.05) is 14.2 Å². The Hall–Kier alpha value is -2.06. The van der Waals surface area contributed by atoms with Gasteiger partial charge in [0.15, 0.2) is 0 Å². The van der Waals surface area contributed by atoms with Gasteiger partial charge in [0, 0.05) is 30.4 Å². The topological polar surface area (TPSA) is 82.5 Å². The van der Waals surface area contributed by atoms with Crippen molar-refractivity contribution in [1.29, 1.82) is 0 Å². The predicted molar refractivity (Wildman–Crippen MR) is 90.9 cm³/mol. The molecule has 8 heteroatoms. The van der Waals surface area contributed by atoms with Gasteiger partial charge in [-0.3, -0.25) is 4.68 Å². The van der Waals surface area contributed by atoms with Gasteiger partial charge < -0.3 is 9.47 Å². The maximum atomic E-state index is 12.7. The number of hydrogen-bond donors (Lipinski definition) is 1. The highest BCUT2D eigenvalue weighted by Gasteiger charge is 2.24. The lowest BCUT2D eigenvalue weighted by molar-refractivity contribution is 0.385. The quantitative estimate of drug-likeness (QED) is 0.826. The molecule has 0 bridgehead atoms. The minimum absolute atomic E-state index is 0.0678. The third kappa shape index (κ3) is 3.70.